The third kappa shape index (κ3) is 5.61. The van der Waals surface area contributed by atoms with Crippen LogP contribution in [0.3, 0.4) is 0 Å². The highest BCUT2D eigenvalue weighted by molar-refractivity contribution is 5.76. The van der Waals surface area contributed by atoms with Crippen LogP contribution in [-0.2, 0) is 11.2 Å². The summed E-state index contributed by atoms with van der Waals surface area (Å²) >= 11 is 0. The Balaban J connectivity index is 1.72. The minimum atomic E-state index is -0.730. The number of carbonyl (C=O) groups excluding carboxylic acids is 1. The molecule has 0 unspecified atom stereocenters. The lowest BCUT2D eigenvalue weighted by Crippen LogP contribution is -2.46. The summed E-state index contributed by atoms with van der Waals surface area (Å²) in [7, 11) is 0. The fourth-order valence-corrected chi connectivity index (χ4v) is 3.35. The summed E-state index contributed by atoms with van der Waals surface area (Å²) in [5, 5.41) is 13.6. The standard InChI is InChI=1S/C19H30N2O2/c1-18(2,3)16-8-10-19(23,11-9-16)14-21-17(22)7-6-15-5-4-12-20-13-15/h4-5,12-13,16,23H,6-11,14H2,1-3H3,(H,21,22). The largest absolute Gasteiger partial charge is 0.388 e. The molecule has 0 atom stereocenters. The molecule has 0 aromatic carbocycles. The van der Waals surface area contributed by atoms with E-state index >= 15 is 0 Å². The van der Waals surface area contributed by atoms with E-state index in [1.54, 1.807) is 12.4 Å². The second kappa shape index (κ2) is 7.43. The number of aliphatic hydroxyl groups is 1. The van der Waals surface area contributed by atoms with Crippen LogP contribution in [0.25, 0.3) is 0 Å². The maximum absolute atomic E-state index is 12.0. The average Bonchev–Trinajstić information content (AvgIpc) is 2.51. The molecular weight excluding hydrogens is 288 g/mol. The predicted octanol–water partition coefficient (Wildman–Crippen LogP) is 3.10. The Morgan fingerprint density at radius 2 is 2.09 bits per heavy atom. The zero-order valence-electron chi connectivity index (χ0n) is 14.6. The van der Waals surface area contributed by atoms with E-state index in [4.69, 9.17) is 0 Å². The van der Waals surface area contributed by atoms with Crippen molar-refractivity contribution in [3.8, 4) is 0 Å². The number of nitrogens with zero attached hydrogens (tertiary/aromatic N) is 1. The molecule has 0 aliphatic heterocycles. The van der Waals surface area contributed by atoms with Crippen molar-refractivity contribution < 1.29 is 9.90 Å². The van der Waals surface area contributed by atoms with Crippen molar-refractivity contribution in [3.63, 3.8) is 0 Å². The fraction of sp³-hybridized carbons (Fsp3) is 0.684. The van der Waals surface area contributed by atoms with Gasteiger partial charge in [0.2, 0.25) is 5.91 Å². The highest BCUT2D eigenvalue weighted by atomic mass is 16.3. The number of rotatable bonds is 5. The number of aryl methyl sites for hydroxylation is 1. The molecule has 2 N–H and O–H groups in total. The van der Waals surface area contributed by atoms with Crippen LogP contribution < -0.4 is 5.32 Å². The predicted molar refractivity (Wildman–Crippen MR) is 91.9 cm³/mol. The van der Waals surface area contributed by atoms with Crippen molar-refractivity contribution in [2.75, 3.05) is 6.54 Å². The monoisotopic (exact) mass is 318 g/mol. The van der Waals surface area contributed by atoms with Crippen LogP contribution in [0.4, 0.5) is 0 Å². The van der Waals surface area contributed by atoms with Crippen LogP contribution >= 0.6 is 0 Å². The molecule has 1 saturated carbocycles. The molecule has 1 amide bonds. The Labute approximate surface area is 139 Å². The van der Waals surface area contributed by atoms with Crippen molar-refractivity contribution in [1.82, 2.24) is 10.3 Å². The number of hydrogen-bond donors (Lipinski definition) is 2. The Hall–Kier alpha value is -1.42. The lowest BCUT2D eigenvalue weighted by Gasteiger charge is -2.41. The zero-order valence-corrected chi connectivity index (χ0v) is 14.6. The van der Waals surface area contributed by atoms with E-state index in [2.05, 4.69) is 31.1 Å². The van der Waals surface area contributed by atoms with Crippen LogP contribution in [0, 0.1) is 11.3 Å². The van der Waals surface area contributed by atoms with E-state index < -0.39 is 5.60 Å². The van der Waals surface area contributed by atoms with Gasteiger partial charge in [-0.15, -0.1) is 0 Å². The number of nitrogens with one attached hydrogen (secondary N) is 1. The van der Waals surface area contributed by atoms with E-state index in [0.29, 0.717) is 30.7 Å². The van der Waals surface area contributed by atoms with Gasteiger partial charge in [-0.25, -0.2) is 0 Å². The van der Waals surface area contributed by atoms with Crippen molar-refractivity contribution in [2.45, 2.75) is 64.9 Å². The molecule has 1 aromatic rings. The van der Waals surface area contributed by atoms with E-state index in [1.807, 2.05) is 12.1 Å². The molecule has 1 fully saturated rings. The van der Waals surface area contributed by atoms with Crippen LogP contribution in [0.15, 0.2) is 24.5 Å². The maximum atomic E-state index is 12.0. The molecule has 0 saturated heterocycles. The van der Waals surface area contributed by atoms with Crippen molar-refractivity contribution in [3.05, 3.63) is 30.1 Å². The Morgan fingerprint density at radius 1 is 1.39 bits per heavy atom. The SMILES string of the molecule is CC(C)(C)C1CCC(O)(CNC(=O)CCc2cccnc2)CC1. The third-order valence-corrected chi connectivity index (χ3v) is 5.12. The number of pyridine rings is 1. The van der Waals surface area contributed by atoms with Gasteiger partial charge in [-0.1, -0.05) is 26.8 Å². The van der Waals surface area contributed by atoms with Crippen LogP contribution in [0.2, 0.25) is 0 Å². The van der Waals surface area contributed by atoms with Gasteiger partial charge in [0, 0.05) is 25.4 Å². The normalized spacial score (nSPS) is 25.1. The number of amides is 1. The maximum Gasteiger partial charge on any atom is 0.220 e. The summed E-state index contributed by atoms with van der Waals surface area (Å²) in [5.74, 6) is 0.657. The van der Waals surface area contributed by atoms with Crippen molar-refractivity contribution >= 4 is 5.91 Å². The van der Waals surface area contributed by atoms with Crippen LogP contribution in [-0.4, -0.2) is 28.1 Å². The molecule has 0 spiro atoms. The van der Waals surface area contributed by atoms with Gasteiger partial charge in [-0.2, -0.15) is 0 Å². The second-order valence-electron chi connectivity index (χ2n) is 8.00. The quantitative estimate of drug-likeness (QED) is 0.877. The molecule has 0 radical (unpaired) electrons. The Kier molecular flexibility index (Phi) is 5.79. The first-order chi connectivity index (χ1) is 10.8. The van der Waals surface area contributed by atoms with E-state index in [9.17, 15) is 9.90 Å². The lowest BCUT2D eigenvalue weighted by atomic mass is 9.68. The van der Waals surface area contributed by atoms with Gasteiger partial charge in [-0.05, 0) is 55.1 Å². The average molecular weight is 318 g/mol. The van der Waals surface area contributed by atoms with E-state index in [-0.39, 0.29) is 5.91 Å². The van der Waals surface area contributed by atoms with Crippen molar-refractivity contribution in [2.24, 2.45) is 11.3 Å². The molecule has 128 valence electrons. The molecule has 2 rings (SSSR count). The summed E-state index contributed by atoms with van der Waals surface area (Å²) < 4.78 is 0. The van der Waals surface area contributed by atoms with E-state index in [1.165, 1.54) is 0 Å². The van der Waals surface area contributed by atoms with Gasteiger partial charge in [0.25, 0.3) is 0 Å². The van der Waals surface area contributed by atoms with Gasteiger partial charge >= 0.3 is 0 Å². The number of carbonyl (C=O) groups is 1. The molecule has 1 aliphatic rings. The van der Waals surface area contributed by atoms with Gasteiger partial charge < -0.3 is 10.4 Å². The zero-order chi connectivity index (χ0) is 16.9. The molecule has 1 aromatic heterocycles. The molecule has 4 heteroatoms. The lowest BCUT2D eigenvalue weighted by molar-refractivity contribution is -0.123. The molecule has 23 heavy (non-hydrogen) atoms. The highest BCUT2D eigenvalue weighted by Gasteiger charge is 2.37. The molecule has 1 aliphatic carbocycles. The Bertz CT molecular complexity index is 500. The molecule has 4 nitrogen and oxygen atoms in total. The topological polar surface area (TPSA) is 62.2 Å². The van der Waals surface area contributed by atoms with E-state index in [0.717, 1.165) is 31.2 Å². The third-order valence-electron chi connectivity index (χ3n) is 5.12. The van der Waals surface area contributed by atoms with Gasteiger partial charge in [0.15, 0.2) is 0 Å². The van der Waals surface area contributed by atoms with Crippen LogP contribution in [0.1, 0.15) is 58.4 Å². The summed E-state index contributed by atoms with van der Waals surface area (Å²) in [5.41, 5.74) is 0.632. The second-order valence-corrected chi connectivity index (χ2v) is 8.00. The molecule has 1 heterocycles. The fourth-order valence-electron chi connectivity index (χ4n) is 3.35. The number of aromatic nitrogens is 1. The smallest absolute Gasteiger partial charge is 0.220 e. The molecule has 0 bridgehead atoms. The first kappa shape index (κ1) is 17.9. The molecular formula is C19H30N2O2. The number of hydrogen-bond acceptors (Lipinski definition) is 3. The minimum absolute atomic E-state index is 0.000206. The Morgan fingerprint density at radius 3 is 2.65 bits per heavy atom. The summed E-state index contributed by atoms with van der Waals surface area (Å²) in [6.45, 7) is 7.17. The first-order valence-corrected chi connectivity index (χ1v) is 8.66. The van der Waals surface area contributed by atoms with Gasteiger partial charge in [0.1, 0.15) is 0 Å². The van der Waals surface area contributed by atoms with Gasteiger partial charge in [0.05, 0.1) is 5.60 Å². The summed E-state index contributed by atoms with van der Waals surface area (Å²) in [6, 6.07) is 3.85. The highest BCUT2D eigenvalue weighted by Crippen LogP contribution is 2.41. The summed E-state index contributed by atoms with van der Waals surface area (Å²) in [4.78, 5) is 16.0. The van der Waals surface area contributed by atoms with Gasteiger partial charge in [-0.3, -0.25) is 9.78 Å². The first-order valence-electron chi connectivity index (χ1n) is 8.66. The van der Waals surface area contributed by atoms with Crippen molar-refractivity contribution in [1.29, 1.82) is 0 Å². The summed E-state index contributed by atoms with van der Waals surface area (Å²) in [6.07, 6.45) is 8.25. The minimum Gasteiger partial charge on any atom is -0.388 e. The van der Waals surface area contributed by atoms with Crippen LogP contribution in [0.5, 0.6) is 0 Å².